The Balaban J connectivity index is 1.97. The van der Waals surface area contributed by atoms with Crippen molar-refractivity contribution in [2.75, 3.05) is 19.5 Å². The predicted octanol–water partition coefficient (Wildman–Crippen LogP) is 3.18. The maximum atomic E-state index is 12.0. The molecule has 2 aromatic carbocycles. The predicted molar refractivity (Wildman–Crippen MR) is 89.6 cm³/mol. The van der Waals surface area contributed by atoms with E-state index < -0.39 is 4.92 Å². The summed E-state index contributed by atoms with van der Waals surface area (Å²) in [4.78, 5) is 22.2. The Kier molecular flexibility index (Phi) is 5.73. The van der Waals surface area contributed by atoms with Crippen LogP contribution in [0.1, 0.15) is 12.0 Å². The van der Waals surface area contributed by atoms with Gasteiger partial charge in [-0.05, 0) is 30.2 Å². The van der Waals surface area contributed by atoms with Crippen molar-refractivity contribution in [1.82, 2.24) is 0 Å². The van der Waals surface area contributed by atoms with Crippen LogP contribution in [0.2, 0.25) is 0 Å². The van der Waals surface area contributed by atoms with Gasteiger partial charge in [-0.15, -0.1) is 0 Å². The molecule has 0 atom stereocenters. The first-order valence-electron chi connectivity index (χ1n) is 7.29. The molecular formula is C17H18N2O5. The molecule has 126 valence electrons. The number of anilines is 1. The Labute approximate surface area is 139 Å². The van der Waals surface area contributed by atoms with Gasteiger partial charge in [0.05, 0.1) is 19.1 Å². The Morgan fingerprint density at radius 1 is 1.12 bits per heavy atom. The molecule has 2 aromatic rings. The molecule has 0 spiro atoms. The van der Waals surface area contributed by atoms with E-state index in [0.717, 1.165) is 5.56 Å². The number of ether oxygens (including phenoxy) is 2. The molecule has 24 heavy (non-hydrogen) atoms. The van der Waals surface area contributed by atoms with E-state index in [1.807, 2.05) is 12.1 Å². The fourth-order valence-electron chi connectivity index (χ4n) is 2.29. The van der Waals surface area contributed by atoms with Crippen LogP contribution in [0, 0.1) is 10.1 Å². The number of nitro benzene ring substituents is 1. The van der Waals surface area contributed by atoms with Crippen molar-refractivity contribution in [3.8, 4) is 11.5 Å². The molecule has 0 aliphatic heterocycles. The summed E-state index contributed by atoms with van der Waals surface area (Å²) in [5.74, 6) is 1.04. The van der Waals surface area contributed by atoms with Gasteiger partial charge in [0, 0.05) is 24.2 Å². The third-order valence-electron chi connectivity index (χ3n) is 3.47. The summed E-state index contributed by atoms with van der Waals surface area (Å²) in [6.07, 6.45) is 0.736. The number of non-ortho nitro benzene ring substituents is 1. The standard InChI is InChI=1S/C17H18N2O5/c1-23-15-5-3-4-12(17(15)24-2)6-11-16(20)18-13-7-9-14(10-8-13)19(21)22/h3-5,7-10H,6,11H2,1-2H3,(H,18,20). The van der Waals surface area contributed by atoms with Crippen molar-refractivity contribution >= 4 is 17.3 Å². The Hall–Kier alpha value is -3.09. The quantitative estimate of drug-likeness (QED) is 0.622. The highest BCUT2D eigenvalue weighted by Gasteiger charge is 2.12. The second-order valence-electron chi connectivity index (χ2n) is 5.00. The number of nitrogens with one attached hydrogen (secondary N) is 1. The highest BCUT2D eigenvalue weighted by Crippen LogP contribution is 2.31. The molecule has 0 aromatic heterocycles. The van der Waals surface area contributed by atoms with Gasteiger partial charge in [-0.3, -0.25) is 14.9 Å². The van der Waals surface area contributed by atoms with Gasteiger partial charge < -0.3 is 14.8 Å². The van der Waals surface area contributed by atoms with Gasteiger partial charge in [0.2, 0.25) is 5.91 Å². The van der Waals surface area contributed by atoms with Gasteiger partial charge in [-0.2, -0.15) is 0 Å². The van der Waals surface area contributed by atoms with Crippen molar-refractivity contribution < 1.29 is 19.2 Å². The van der Waals surface area contributed by atoms with Crippen LogP contribution < -0.4 is 14.8 Å². The average Bonchev–Trinajstić information content (AvgIpc) is 2.59. The van der Waals surface area contributed by atoms with E-state index in [1.54, 1.807) is 20.3 Å². The minimum atomic E-state index is -0.485. The van der Waals surface area contributed by atoms with Crippen molar-refractivity contribution in [3.05, 3.63) is 58.1 Å². The van der Waals surface area contributed by atoms with Crippen molar-refractivity contribution in [2.24, 2.45) is 0 Å². The Morgan fingerprint density at radius 3 is 2.42 bits per heavy atom. The SMILES string of the molecule is COc1cccc(CCC(=O)Nc2ccc([N+](=O)[O-])cc2)c1OC. The summed E-state index contributed by atoms with van der Waals surface area (Å²) in [5, 5.41) is 13.3. The number of benzene rings is 2. The van der Waals surface area contributed by atoms with E-state index in [1.165, 1.54) is 24.3 Å². The van der Waals surface area contributed by atoms with E-state index in [4.69, 9.17) is 9.47 Å². The van der Waals surface area contributed by atoms with Crippen LogP contribution in [0.3, 0.4) is 0 Å². The van der Waals surface area contributed by atoms with Gasteiger partial charge in [0.25, 0.3) is 5.69 Å². The monoisotopic (exact) mass is 330 g/mol. The Morgan fingerprint density at radius 2 is 1.83 bits per heavy atom. The zero-order valence-corrected chi connectivity index (χ0v) is 13.4. The molecule has 0 fully saturated rings. The zero-order valence-electron chi connectivity index (χ0n) is 13.4. The highest BCUT2D eigenvalue weighted by molar-refractivity contribution is 5.91. The van der Waals surface area contributed by atoms with Crippen molar-refractivity contribution in [1.29, 1.82) is 0 Å². The van der Waals surface area contributed by atoms with E-state index in [9.17, 15) is 14.9 Å². The summed E-state index contributed by atoms with van der Waals surface area (Å²) in [6, 6.07) is 11.2. The molecule has 0 aliphatic carbocycles. The molecule has 1 amide bonds. The van der Waals surface area contributed by atoms with Crippen LogP contribution >= 0.6 is 0 Å². The number of hydrogen-bond donors (Lipinski definition) is 1. The molecule has 0 saturated heterocycles. The van der Waals surface area contributed by atoms with Gasteiger partial charge in [0.1, 0.15) is 0 Å². The summed E-state index contributed by atoms with van der Waals surface area (Å²) >= 11 is 0. The number of hydrogen-bond acceptors (Lipinski definition) is 5. The molecule has 0 saturated carbocycles. The fourth-order valence-corrected chi connectivity index (χ4v) is 2.29. The van der Waals surface area contributed by atoms with Crippen LogP contribution in [0.15, 0.2) is 42.5 Å². The Bertz CT molecular complexity index is 728. The maximum Gasteiger partial charge on any atom is 0.269 e. The number of carbonyl (C=O) groups excluding carboxylic acids is 1. The van der Waals surface area contributed by atoms with Crippen LogP contribution in [0.25, 0.3) is 0 Å². The zero-order chi connectivity index (χ0) is 17.5. The lowest BCUT2D eigenvalue weighted by molar-refractivity contribution is -0.384. The number of amides is 1. The number of carbonyl (C=O) groups is 1. The fraction of sp³-hybridized carbons (Fsp3) is 0.235. The summed E-state index contributed by atoms with van der Waals surface area (Å²) in [6.45, 7) is 0. The summed E-state index contributed by atoms with van der Waals surface area (Å²) < 4.78 is 10.6. The summed E-state index contributed by atoms with van der Waals surface area (Å²) in [5.41, 5.74) is 1.37. The molecule has 0 unspecified atom stereocenters. The lowest BCUT2D eigenvalue weighted by Crippen LogP contribution is -2.12. The van der Waals surface area contributed by atoms with E-state index >= 15 is 0 Å². The molecule has 0 heterocycles. The summed E-state index contributed by atoms with van der Waals surface area (Å²) in [7, 11) is 3.11. The smallest absolute Gasteiger partial charge is 0.269 e. The van der Waals surface area contributed by atoms with Crippen LogP contribution in [-0.4, -0.2) is 25.1 Å². The number of para-hydroxylation sites is 1. The van der Waals surface area contributed by atoms with Crippen LogP contribution in [0.4, 0.5) is 11.4 Å². The lowest BCUT2D eigenvalue weighted by Gasteiger charge is -2.12. The van der Waals surface area contributed by atoms with Gasteiger partial charge in [0.15, 0.2) is 11.5 Å². The lowest BCUT2D eigenvalue weighted by atomic mass is 10.1. The first kappa shape index (κ1) is 17.3. The van der Waals surface area contributed by atoms with Gasteiger partial charge in [-0.25, -0.2) is 0 Å². The largest absolute Gasteiger partial charge is 0.493 e. The second-order valence-corrected chi connectivity index (χ2v) is 5.00. The molecule has 2 rings (SSSR count). The third kappa shape index (κ3) is 4.22. The maximum absolute atomic E-state index is 12.0. The van der Waals surface area contributed by atoms with E-state index in [2.05, 4.69) is 5.32 Å². The minimum absolute atomic E-state index is 0.0193. The van der Waals surface area contributed by atoms with Crippen LogP contribution in [0.5, 0.6) is 11.5 Å². The molecule has 7 heteroatoms. The first-order valence-corrected chi connectivity index (χ1v) is 7.29. The number of methoxy groups -OCH3 is 2. The number of nitro groups is 1. The van der Waals surface area contributed by atoms with Crippen LogP contribution in [-0.2, 0) is 11.2 Å². The molecule has 7 nitrogen and oxygen atoms in total. The minimum Gasteiger partial charge on any atom is -0.493 e. The normalized spacial score (nSPS) is 10.1. The molecule has 0 bridgehead atoms. The van der Waals surface area contributed by atoms with Gasteiger partial charge >= 0.3 is 0 Å². The molecule has 0 aliphatic rings. The van der Waals surface area contributed by atoms with E-state index in [0.29, 0.717) is 23.6 Å². The topological polar surface area (TPSA) is 90.7 Å². The van der Waals surface area contributed by atoms with Crippen molar-refractivity contribution in [3.63, 3.8) is 0 Å². The molecule has 1 N–H and O–H groups in total. The average molecular weight is 330 g/mol. The number of nitrogens with zero attached hydrogens (tertiary/aromatic N) is 1. The molecular weight excluding hydrogens is 312 g/mol. The first-order chi connectivity index (χ1) is 11.5. The number of aryl methyl sites for hydroxylation is 1. The highest BCUT2D eigenvalue weighted by atomic mass is 16.6. The van der Waals surface area contributed by atoms with E-state index in [-0.39, 0.29) is 18.0 Å². The second kappa shape index (κ2) is 7.96. The number of rotatable bonds is 7. The third-order valence-corrected chi connectivity index (χ3v) is 3.47. The molecule has 0 radical (unpaired) electrons. The van der Waals surface area contributed by atoms with Gasteiger partial charge in [-0.1, -0.05) is 12.1 Å². The van der Waals surface area contributed by atoms with Crippen molar-refractivity contribution in [2.45, 2.75) is 12.8 Å².